The van der Waals surface area contributed by atoms with E-state index < -0.39 is 5.97 Å². The fourth-order valence-electron chi connectivity index (χ4n) is 3.36. The van der Waals surface area contributed by atoms with Gasteiger partial charge < -0.3 is 14.5 Å². The average Bonchev–Trinajstić information content (AvgIpc) is 2.91. The quantitative estimate of drug-likeness (QED) is 0.552. The van der Waals surface area contributed by atoms with Gasteiger partial charge in [0.15, 0.2) is 6.61 Å². The first-order valence-corrected chi connectivity index (χ1v) is 9.06. The maximum Gasteiger partial charge on any atom is 0.326 e. The van der Waals surface area contributed by atoms with Crippen LogP contribution in [-0.2, 0) is 25.5 Å². The molecule has 0 bridgehead atoms. The predicted molar refractivity (Wildman–Crippen MR) is 97.0 cm³/mol. The van der Waals surface area contributed by atoms with E-state index in [4.69, 9.17) is 4.74 Å². The highest BCUT2D eigenvalue weighted by Gasteiger charge is 2.33. The van der Waals surface area contributed by atoms with Crippen molar-refractivity contribution in [3.05, 3.63) is 29.8 Å². The van der Waals surface area contributed by atoms with Gasteiger partial charge in [-0.15, -0.1) is 0 Å². The van der Waals surface area contributed by atoms with Crippen LogP contribution in [0.4, 0.5) is 10.5 Å². The smallest absolute Gasteiger partial charge is 0.326 e. The van der Waals surface area contributed by atoms with Gasteiger partial charge in [0.25, 0.3) is 5.91 Å². The highest BCUT2D eigenvalue weighted by Crippen LogP contribution is 2.26. The molecule has 1 saturated heterocycles. The second kappa shape index (κ2) is 8.20. The van der Waals surface area contributed by atoms with E-state index in [2.05, 4.69) is 0 Å². The zero-order valence-electron chi connectivity index (χ0n) is 15.3. The molecule has 0 spiro atoms. The SMILES string of the molecule is CN1CC(=O)N(CCCC(=O)OCC(=O)N2CCCc3ccccc32)C1=O. The van der Waals surface area contributed by atoms with Crippen molar-refractivity contribution in [2.75, 3.05) is 38.2 Å². The van der Waals surface area contributed by atoms with E-state index in [0.29, 0.717) is 13.0 Å². The Morgan fingerprint density at radius 1 is 1.19 bits per heavy atom. The van der Waals surface area contributed by atoms with Crippen LogP contribution in [0.5, 0.6) is 0 Å². The number of carbonyl (C=O) groups is 4. The molecule has 0 saturated carbocycles. The Kier molecular flexibility index (Phi) is 5.73. The molecular formula is C19H23N3O5. The Morgan fingerprint density at radius 2 is 1.96 bits per heavy atom. The lowest BCUT2D eigenvalue weighted by atomic mass is 10.0. The number of ether oxygens (including phenoxy) is 1. The number of benzene rings is 1. The van der Waals surface area contributed by atoms with E-state index in [1.165, 1.54) is 4.90 Å². The Morgan fingerprint density at radius 3 is 2.70 bits per heavy atom. The van der Waals surface area contributed by atoms with Crippen LogP contribution in [0.1, 0.15) is 24.8 Å². The lowest BCUT2D eigenvalue weighted by Gasteiger charge is -2.29. The van der Waals surface area contributed by atoms with Crippen LogP contribution in [0.15, 0.2) is 24.3 Å². The second-order valence-corrected chi connectivity index (χ2v) is 6.73. The zero-order chi connectivity index (χ0) is 19.4. The maximum atomic E-state index is 12.4. The third kappa shape index (κ3) is 4.27. The van der Waals surface area contributed by atoms with Gasteiger partial charge in [0, 0.05) is 32.2 Å². The topological polar surface area (TPSA) is 87.2 Å². The van der Waals surface area contributed by atoms with Gasteiger partial charge in [-0.05, 0) is 30.9 Å². The summed E-state index contributed by atoms with van der Waals surface area (Å²) < 4.78 is 5.08. The minimum atomic E-state index is -0.513. The summed E-state index contributed by atoms with van der Waals surface area (Å²) in [6, 6.07) is 7.37. The van der Waals surface area contributed by atoms with Crippen LogP contribution in [0.25, 0.3) is 0 Å². The summed E-state index contributed by atoms with van der Waals surface area (Å²) in [4.78, 5) is 51.8. The van der Waals surface area contributed by atoms with Gasteiger partial charge in [-0.2, -0.15) is 0 Å². The number of rotatable bonds is 6. The molecule has 0 N–H and O–H groups in total. The molecule has 1 fully saturated rings. The summed E-state index contributed by atoms with van der Waals surface area (Å²) in [7, 11) is 1.55. The number of amides is 4. The molecule has 0 atom stereocenters. The summed E-state index contributed by atoms with van der Waals surface area (Å²) in [6.07, 6.45) is 2.17. The molecule has 2 aliphatic heterocycles. The number of imide groups is 1. The molecule has 3 rings (SSSR count). The Hall–Kier alpha value is -2.90. The van der Waals surface area contributed by atoms with Crippen molar-refractivity contribution in [1.29, 1.82) is 0 Å². The Balaban J connectivity index is 1.43. The van der Waals surface area contributed by atoms with E-state index >= 15 is 0 Å². The van der Waals surface area contributed by atoms with Gasteiger partial charge in [-0.1, -0.05) is 18.2 Å². The normalized spacial score (nSPS) is 16.6. The summed E-state index contributed by atoms with van der Waals surface area (Å²) >= 11 is 0. The van der Waals surface area contributed by atoms with Gasteiger partial charge in [0.05, 0.1) is 0 Å². The first-order chi connectivity index (χ1) is 13.0. The molecule has 1 aromatic rings. The number of para-hydroxylation sites is 1. The van der Waals surface area contributed by atoms with Crippen molar-refractivity contribution in [1.82, 2.24) is 9.80 Å². The molecule has 27 heavy (non-hydrogen) atoms. The molecule has 144 valence electrons. The summed E-state index contributed by atoms with van der Waals surface area (Å²) in [6.45, 7) is 0.539. The van der Waals surface area contributed by atoms with Gasteiger partial charge in [-0.25, -0.2) is 4.79 Å². The zero-order valence-corrected chi connectivity index (χ0v) is 15.3. The van der Waals surface area contributed by atoms with Crippen molar-refractivity contribution in [3.63, 3.8) is 0 Å². The lowest BCUT2D eigenvalue weighted by Crippen LogP contribution is -2.38. The summed E-state index contributed by atoms with van der Waals surface area (Å²) in [5.74, 6) is -1.03. The molecule has 2 aliphatic rings. The van der Waals surface area contributed by atoms with Crippen LogP contribution in [-0.4, -0.2) is 66.9 Å². The third-order valence-corrected chi connectivity index (χ3v) is 4.76. The van der Waals surface area contributed by atoms with Crippen molar-refractivity contribution in [3.8, 4) is 0 Å². The first-order valence-electron chi connectivity index (χ1n) is 9.06. The van der Waals surface area contributed by atoms with Crippen LogP contribution >= 0.6 is 0 Å². The van der Waals surface area contributed by atoms with Gasteiger partial charge >= 0.3 is 12.0 Å². The van der Waals surface area contributed by atoms with E-state index in [1.807, 2.05) is 24.3 Å². The molecule has 4 amide bonds. The number of aryl methyl sites for hydroxylation is 1. The number of hydrogen-bond donors (Lipinski definition) is 0. The van der Waals surface area contributed by atoms with E-state index in [0.717, 1.165) is 29.0 Å². The van der Waals surface area contributed by atoms with Gasteiger partial charge in [-0.3, -0.25) is 19.3 Å². The molecule has 1 aromatic carbocycles. The number of urea groups is 1. The lowest BCUT2D eigenvalue weighted by molar-refractivity contribution is -0.148. The van der Waals surface area contributed by atoms with Crippen LogP contribution < -0.4 is 4.90 Å². The van der Waals surface area contributed by atoms with E-state index in [1.54, 1.807) is 11.9 Å². The number of fused-ring (bicyclic) bond motifs is 1. The van der Waals surface area contributed by atoms with Crippen LogP contribution in [0.2, 0.25) is 0 Å². The molecular weight excluding hydrogens is 350 g/mol. The van der Waals surface area contributed by atoms with E-state index in [-0.39, 0.29) is 44.0 Å². The fraction of sp³-hybridized carbons (Fsp3) is 0.474. The van der Waals surface area contributed by atoms with Crippen molar-refractivity contribution in [2.45, 2.75) is 25.7 Å². The number of esters is 1. The standard InChI is InChI=1S/C19H23N3O5/c1-20-12-16(23)22(19(20)26)11-5-9-18(25)27-13-17(24)21-10-4-7-14-6-2-3-8-15(14)21/h2-3,6,8H,4-5,7,9-13H2,1H3. The first kappa shape index (κ1) is 18.9. The molecule has 8 nitrogen and oxygen atoms in total. The highest BCUT2D eigenvalue weighted by atomic mass is 16.5. The largest absolute Gasteiger partial charge is 0.456 e. The Bertz CT molecular complexity index is 763. The number of anilines is 1. The number of nitrogens with zero attached hydrogens (tertiary/aromatic N) is 3. The monoisotopic (exact) mass is 373 g/mol. The molecule has 0 unspecified atom stereocenters. The predicted octanol–water partition coefficient (Wildman–Crippen LogP) is 1.18. The minimum Gasteiger partial charge on any atom is -0.456 e. The van der Waals surface area contributed by atoms with Crippen LogP contribution in [0, 0.1) is 0 Å². The maximum absolute atomic E-state index is 12.4. The van der Waals surface area contributed by atoms with Crippen molar-refractivity contribution < 1.29 is 23.9 Å². The molecule has 2 heterocycles. The Labute approximate surface area is 157 Å². The average molecular weight is 373 g/mol. The van der Waals surface area contributed by atoms with Gasteiger partial charge in [0.2, 0.25) is 5.91 Å². The summed E-state index contributed by atoms with van der Waals surface area (Å²) in [5, 5.41) is 0. The molecule has 0 aliphatic carbocycles. The minimum absolute atomic E-state index is 0.0463. The third-order valence-electron chi connectivity index (χ3n) is 4.76. The van der Waals surface area contributed by atoms with Crippen molar-refractivity contribution >= 4 is 29.5 Å². The number of carbonyl (C=O) groups excluding carboxylic acids is 4. The highest BCUT2D eigenvalue weighted by molar-refractivity contribution is 6.01. The van der Waals surface area contributed by atoms with Gasteiger partial charge in [0.1, 0.15) is 6.54 Å². The fourth-order valence-corrected chi connectivity index (χ4v) is 3.36. The summed E-state index contributed by atoms with van der Waals surface area (Å²) in [5.41, 5.74) is 1.99. The number of likely N-dealkylation sites (N-methyl/N-ethyl adjacent to an activating group) is 1. The number of hydrogen-bond acceptors (Lipinski definition) is 5. The second-order valence-electron chi connectivity index (χ2n) is 6.73. The van der Waals surface area contributed by atoms with Crippen LogP contribution in [0.3, 0.4) is 0 Å². The molecule has 8 heteroatoms. The van der Waals surface area contributed by atoms with E-state index in [9.17, 15) is 19.2 Å². The van der Waals surface area contributed by atoms with Crippen molar-refractivity contribution in [2.24, 2.45) is 0 Å². The molecule has 0 aromatic heterocycles. The molecule has 0 radical (unpaired) electrons.